The third-order valence-corrected chi connectivity index (χ3v) is 3.96. The maximum absolute atomic E-state index is 4.81. The second kappa shape index (κ2) is 5.84. The van der Waals surface area contributed by atoms with Crippen LogP contribution in [0.15, 0.2) is 6.20 Å². The number of aryl methyl sites for hydroxylation is 3. The summed E-state index contributed by atoms with van der Waals surface area (Å²) in [5.41, 5.74) is 4.66. The van der Waals surface area contributed by atoms with Crippen molar-refractivity contribution in [1.82, 2.24) is 19.7 Å². The van der Waals surface area contributed by atoms with Crippen LogP contribution in [0.1, 0.15) is 43.6 Å². The fourth-order valence-corrected chi connectivity index (χ4v) is 2.92. The van der Waals surface area contributed by atoms with Gasteiger partial charge in [-0.15, -0.1) is 0 Å². The minimum absolute atomic E-state index is 0.819. The molecule has 2 aromatic rings. The minimum Gasteiger partial charge on any atom is -0.370 e. The quantitative estimate of drug-likeness (QED) is 0.917. The van der Waals surface area contributed by atoms with Crippen LogP contribution in [0.25, 0.3) is 11.4 Å². The molecule has 3 rings (SSSR count). The molecule has 21 heavy (non-hydrogen) atoms. The summed E-state index contributed by atoms with van der Waals surface area (Å²) in [5, 5.41) is 7.98. The van der Waals surface area contributed by atoms with Crippen molar-refractivity contribution < 1.29 is 0 Å². The first-order chi connectivity index (χ1) is 10.2. The smallest absolute Gasteiger partial charge is 0.165 e. The van der Waals surface area contributed by atoms with Crippen molar-refractivity contribution in [2.24, 2.45) is 7.05 Å². The van der Waals surface area contributed by atoms with E-state index in [-0.39, 0.29) is 0 Å². The summed E-state index contributed by atoms with van der Waals surface area (Å²) < 4.78 is 1.85. The van der Waals surface area contributed by atoms with Gasteiger partial charge in [0.1, 0.15) is 5.82 Å². The summed E-state index contributed by atoms with van der Waals surface area (Å²) in [7, 11) is 1.95. The highest BCUT2D eigenvalue weighted by molar-refractivity contribution is 5.62. The predicted molar refractivity (Wildman–Crippen MR) is 84.4 cm³/mol. The molecule has 0 unspecified atom stereocenters. The first-order valence-electron chi connectivity index (χ1n) is 7.89. The monoisotopic (exact) mass is 285 g/mol. The number of aromatic nitrogens is 4. The van der Waals surface area contributed by atoms with Crippen molar-refractivity contribution in [3.8, 4) is 11.4 Å². The Balaban J connectivity index is 2.06. The van der Waals surface area contributed by atoms with Gasteiger partial charge in [0.25, 0.3) is 0 Å². The first kappa shape index (κ1) is 14.0. The molecule has 2 aromatic heterocycles. The molecule has 0 fully saturated rings. The van der Waals surface area contributed by atoms with Gasteiger partial charge in [-0.3, -0.25) is 4.68 Å². The van der Waals surface area contributed by atoms with Crippen molar-refractivity contribution in [3.05, 3.63) is 23.1 Å². The van der Waals surface area contributed by atoms with Gasteiger partial charge in [0.2, 0.25) is 0 Å². The average molecular weight is 285 g/mol. The van der Waals surface area contributed by atoms with E-state index in [1.54, 1.807) is 0 Å². The van der Waals surface area contributed by atoms with E-state index < -0.39 is 0 Å². The highest BCUT2D eigenvalue weighted by Gasteiger charge is 2.21. The minimum atomic E-state index is 0.819. The van der Waals surface area contributed by atoms with Crippen LogP contribution in [-0.4, -0.2) is 26.3 Å². The van der Waals surface area contributed by atoms with Crippen molar-refractivity contribution >= 4 is 5.82 Å². The number of nitrogens with one attached hydrogen (secondary N) is 1. The molecule has 0 bridgehead atoms. The second-order valence-corrected chi connectivity index (χ2v) is 5.62. The molecule has 0 amide bonds. The molecule has 0 aromatic carbocycles. The van der Waals surface area contributed by atoms with Crippen LogP contribution < -0.4 is 5.32 Å². The van der Waals surface area contributed by atoms with E-state index in [0.29, 0.717) is 0 Å². The fraction of sp³-hybridized carbons (Fsp3) is 0.562. The van der Waals surface area contributed by atoms with Crippen molar-refractivity contribution in [2.75, 3.05) is 11.9 Å². The topological polar surface area (TPSA) is 55.6 Å². The molecular weight excluding hydrogens is 262 g/mol. The first-order valence-corrected chi connectivity index (χ1v) is 7.89. The fourth-order valence-electron chi connectivity index (χ4n) is 2.92. The molecule has 0 aliphatic heterocycles. The molecule has 0 radical (unpaired) electrons. The summed E-state index contributed by atoms with van der Waals surface area (Å²) >= 11 is 0. The summed E-state index contributed by atoms with van der Waals surface area (Å²) in [6, 6.07) is 0. The maximum atomic E-state index is 4.81. The summed E-state index contributed by atoms with van der Waals surface area (Å²) in [4.78, 5) is 9.61. The predicted octanol–water partition coefficient (Wildman–Crippen LogP) is 2.75. The van der Waals surface area contributed by atoms with Gasteiger partial charge in [0.15, 0.2) is 5.82 Å². The lowest BCUT2D eigenvalue weighted by molar-refractivity contribution is 0.746. The molecule has 1 N–H and O–H groups in total. The summed E-state index contributed by atoms with van der Waals surface area (Å²) in [6.45, 7) is 5.25. The van der Waals surface area contributed by atoms with Gasteiger partial charge < -0.3 is 5.32 Å². The number of hydrogen-bond donors (Lipinski definition) is 1. The van der Waals surface area contributed by atoms with Gasteiger partial charge in [0.05, 0.1) is 11.3 Å². The Morgan fingerprint density at radius 1 is 1.24 bits per heavy atom. The zero-order chi connectivity index (χ0) is 14.8. The van der Waals surface area contributed by atoms with Gasteiger partial charge in [0, 0.05) is 31.0 Å². The van der Waals surface area contributed by atoms with E-state index in [4.69, 9.17) is 9.97 Å². The van der Waals surface area contributed by atoms with Crippen LogP contribution >= 0.6 is 0 Å². The molecule has 1 aliphatic carbocycles. The van der Waals surface area contributed by atoms with E-state index in [1.807, 2.05) is 17.9 Å². The number of hydrogen-bond acceptors (Lipinski definition) is 4. The van der Waals surface area contributed by atoms with E-state index in [9.17, 15) is 0 Å². The highest BCUT2D eigenvalue weighted by atomic mass is 15.3. The molecule has 2 heterocycles. The van der Waals surface area contributed by atoms with Crippen molar-refractivity contribution in [3.63, 3.8) is 0 Å². The van der Waals surface area contributed by atoms with Gasteiger partial charge in [-0.25, -0.2) is 9.97 Å². The van der Waals surface area contributed by atoms with Gasteiger partial charge in [-0.1, -0.05) is 13.8 Å². The molecule has 1 aliphatic rings. The number of anilines is 1. The van der Waals surface area contributed by atoms with Crippen LogP contribution in [0, 0.1) is 0 Å². The van der Waals surface area contributed by atoms with E-state index in [1.165, 1.54) is 17.7 Å². The molecule has 0 atom stereocenters. The molecule has 5 nitrogen and oxygen atoms in total. The van der Waals surface area contributed by atoms with Crippen LogP contribution in [0.3, 0.4) is 0 Å². The third kappa shape index (κ3) is 2.64. The van der Waals surface area contributed by atoms with Crippen LogP contribution in [0.4, 0.5) is 5.82 Å². The van der Waals surface area contributed by atoms with E-state index in [0.717, 1.165) is 55.1 Å². The van der Waals surface area contributed by atoms with Crippen molar-refractivity contribution in [2.45, 2.75) is 46.0 Å². The zero-order valence-electron chi connectivity index (χ0n) is 13.1. The number of rotatable bonds is 5. The lowest BCUT2D eigenvalue weighted by atomic mass is 10.1. The zero-order valence-corrected chi connectivity index (χ0v) is 13.1. The summed E-state index contributed by atoms with van der Waals surface area (Å²) in [5.74, 6) is 1.85. The standard InChI is InChI=1S/C16H23N5/c1-4-9-17-15-11-7-6-8-14(11)18-16(19-15)12-10-21(3)20-13(12)5-2/h10H,4-9H2,1-3H3,(H,17,18,19). The maximum Gasteiger partial charge on any atom is 0.165 e. The van der Waals surface area contributed by atoms with Gasteiger partial charge >= 0.3 is 0 Å². The van der Waals surface area contributed by atoms with Gasteiger partial charge in [-0.05, 0) is 32.1 Å². The Bertz CT molecular complexity index is 644. The molecule has 0 spiro atoms. The molecule has 112 valence electrons. The molecule has 0 saturated heterocycles. The third-order valence-electron chi connectivity index (χ3n) is 3.96. The Kier molecular flexibility index (Phi) is 3.90. The second-order valence-electron chi connectivity index (χ2n) is 5.62. The summed E-state index contributed by atoms with van der Waals surface area (Å²) in [6.07, 6.45) is 7.36. The average Bonchev–Trinajstić information content (AvgIpc) is 3.10. The normalized spacial score (nSPS) is 13.5. The SMILES string of the molecule is CCCNc1nc(-c2cn(C)nc2CC)nc2c1CCC2. The molecule has 0 saturated carbocycles. The largest absolute Gasteiger partial charge is 0.370 e. The Hall–Kier alpha value is -1.91. The number of nitrogens with zero attached hydrogens (tertiary/aromatic N) is 4. The Labute approximate surface area is 125 Å². The van der Waals surface area contributed by atoms with Crippen molar-refractivity contribution in [1.29, 1.82) is 0 Å². The van der Waals surface area contributed by atoms with Gasteiger partial charge in [-0.2, -0.15) is 5.10 Å². The van der Waals surface area contributed by atoms with E-state index in [2.05, 4.69) is 24.3 Å². The van der Waals surface area contributed by atoms with E-state index >= 15 is 0 Å². The lowest BCUT2D eigenvalue weighted by Crippen LogP contribution is -2.08. The van der Waals surface area contributed by atoms with Crippen LogP contribution in [-0.2, 0) is 26.3 Å². The molecule has 5 heteroatoms. The lowest BCUT2D eigenvalue weighted by Gasteiger charge is -2.11. The number of fused-ring (bicyclic) bond motifs is 1. The highest BCUT2D eigenvalue weighted by Crippen LogP contribution is 2.30. The Morgan fingerprint density at radius 3 is 2.86 bits per heavy atom. The van der Waals surface area contributed by atoms with Crippen LogP contribution in [0.2, 0.25) is 0 Å². The molecular formula is C16H23N5. The Morgan fingerprint density at radius 2 is 2.10 bits per heavy atom. The van der Waals surface area contributed by atoms with Crippen LogP contribution in [0.5, 0.6) is 0 Å².